The van der Waals surface area contributed by atoms with E-state index in [0.29, 0.717) is 17.0 Å². The zero-order valence-corrected chi connectivity index (χ0v) is 23.3. The molecule has 5 heterocycles. The number of rotatable bonds is 8. The SMILES string of the molecule is COc1ncc(-c2cccc(NC(=O)[C@H](C)n3cnc4c3c(=O)n(Cc3cc(C)on3)c(=O)n4C)n2)cc1C(C)(F)F. The molecule has 0 spiro atoms. The van der Waals surface area contributed by atoms with Crippen molar-refractivity contribution in [2.24, 2.45) is 7.05 Å². The summed E-state index contributed by atoms with van der Waals surface area (Å²) in [5, 5.41) is 6.54. The number of hydrogen-bond acceptors (Lipinski definition) is 9. The first-order valence-corrected chi connectivity index (χ1v) is 12.7. The Hall–Kier alpha value is -5.21. The summed E-state index contributed by atoms with van der Waals surface area (Å²) in [7, 11) is 2.72. The Labute approximate surface area is 236 Å². The Balaban J connectivity index is 1.45. The van der Waals surface area contributed by atoms with E-state index in [9.17, 15) is 23.2 Å². The molecular weight excluding hydrogens is 554 g/mol. The summed E-state index contributed by atoms with van der Waals surface area (Å²) >= 11 is 0. The molecule has 0 aromatic carbocycles. The summed E-state index contributed by atoms with van der Waals surface area (Å²) in [6.45, 7) is 3.85. The summed E-state index contributed by atoms with van der Waals surface area (Å²) in [5.41, 5.74) is -0.549. The first-order valence-electron chi connectivity index (χ1n) is 12.7. The minimum atomic E-state index is -3.21. The lowest BCUT2D eigenvalue weighted by molar-refractivity contribution is -0.118. The number of anilines is 1. The lowest BCUT2D eigenvalue weighted by Crippen LogP contribution is -2.40. The summed E-state index contributed by atoms with van der Waals surface area (Å²) in [6.07, 6.45) is 2.65. The highest BCUT2D eigenvalue weighted by Crippen LogP contribution is 2.35. The zero-order valence-electron chi connectivity index (χ0n) is 23.3. The van der Waals surface area contributed by atoms with Gasteiger partial charge in [0, 0.05) is 31.8 Å². The molecule has 0 aliphatic rings. The van der Waals surface area contributed by atoms with Crippen LogP contribution in [0.4, 0.5) is 14.6 Å². The van der Waals surface area contributed by atoms with Crippen molar-refractivity contribution < 1.29 is 22.8 Å². The van der Waals surface area contributed by atoms with Crippen molar-refractivity contribution in [1.82, 2.24) is 33.8 Å². The first kappa shape index (κ1) is 28.3. The second-order valence-electron chi connectivity index (χ2n) is 9.73. The highest BCUT2D eigenvalue weighted by molar-refractivity contribution is 5.93. The average Bonchev–Trinajstić information content (AvgIpc) is 3.59. The van der Waals surface area contributed by atoms with E-state index >= 15 is 0 Å². The number of nitrogens with zero attached hydrogens (tertiary/aromatic N) is 7. The molecule has 13 nitrogen and oxygen atoms in total. The van der Waals surface area contributed by atoms with Crippen molar-refractivity contribution in [2.45, 2.75) is 39.3 Å². The van der Waals surface area contributed by atoms with Crippen LogP contribution >= 0.6 is 0 Å². The van der Waals surface area contributed by atoms with Crippen LogP contribution in [0.2, 0.25) is 0 Å². The Morgan fingerprint density at radius 3 is 2.64 bits per heavy atom. The summed E-state index contributed by atoms with van der Waals surface area (Å²) in [5.74, 6) is -3.29. The minimum absolute atomic E-state index is 0.0407. The minimum Gasteiger partial charge on any atom is -0.481 e. The van der Waals surface area contributed by atoms with E-state index in [2.05, 4.69) is 25.4 Å². The van der Waals surface area contributed by atoms with E-state index in [-0.39, 0.29) is 35.1 Å². The number of aromatic nitrogens is 7. The molecule has 0 radical (unpaired) electrons. The van der Waals surface area contributed by atoms with E-state index in [1.54, 1.807) is 32.0 Å². The van der Waals surface area contributed by atoms with Crippen molar-refractivity contribution in [1.29, 1.82) is 0 Å². The van der Waals surface area contributed by atoms with Crippen molar-refractivity contribution >= 4 is 22.9 Å². The number of fused-ring (bicyclic) bond motifs is 1. The van der Waals surface area contributed by atoms with Gasteiger partial charge in [0.05, 0.1) is 31.2 Å². The van der Waals surface area contributed by atoms with Gasteiger partial charge in [0.1, 0.15) is 23.3 Å². The zero-order chi connectivity index (χ0) is 30.3. The Kier molecular flexibility index (Phi) is 7.18. The van der Waals surface area contributed by atoms with Gasteiger partial charge in [-0.1, -0.05) is 11.2 Å². The number of hydrogen-bond donors (Lipinski definition) is 1. The number of aryl methyl sites for hydroxylation is 2. The monoisotopic (exact) mass is 580 g/mol. The van der Waals surface area contributed by atoms with Gasteiger partial charge in [-0.15, -0.1) is 0 Å². The van der Waals surface area contributed by atoms with Gasteiger partial charge in [0.15, 0.2) is 11.2 Å². The molecule has 5 aromatic heterocycles. The van der Waals surface area contributed by atoms with Crippen LogP contribution in [0.3, 0.4) is 0 Å². The number of amides is 1. The second-order valence-corrected chi connectivity index (χ2v) is 9.73. The van der Waals surface area contributed by atoms with Crippen molar-refractivity contribution in [2.75, 3.05) is 12.4 Å². The number of carbonyl (C=O) groups is 1. The molecule has 0 unspecified atom stereocenters. The van der Waals surface area contributed by atoms with Crippen LogP contribution in [0.1, 0.15) is 36.9 Å². The van der Waals surface area contributed by atoms with Crippen LogP contribution in [0.15, 0.2) is 57.0 Å². The van der Waals surface area contributed by atoms with Gasteiger partial charge < -0.3 is 19.1 Å². The molecule has 1 N–H and O–H groups in total. The molecule has 5 rings (SSSR count). The van der Waals surface area contributed by atoms with E-state index < -0.39 is 34.7 Å². The lowest BCUT2D eigenvalue weighted by atomic mass is 10.1. The Morgan fingerprint density at radius 2 is 1.98 bits per heavy atom. The molecule has 42 heavy (non-hydrogen) atoms. The van der Waals surface area contributed by atoms with E-state index in [4.69, 9.17) is 9.26 Å². The van der Waals surface area contributed by atoms with Crippen LogP contribution in [0.25, 0.3) is 22.4 Å². The molecule has 0 saturated heterocycles. The van der Waals surface area contributed by atoms with Crippen molar-refractivity contribution in [3.8, 4) is 17.1 Å². The van der Waals surface area contributed by atoms with Crippen molar-refractivity contribution in [3.05, 3.63) is 80.7 Å². The van der Waals surface area contributed by atoms with Gasteiger partial charge in [0.25, 0.3) is 11.5 Å². The molecule has 0 aliphatic heterocycles. The largest absolute Gasteiger partial charge is 0.481 e. The number of halogens is 2. The molecule has 15 heteroatoms. The van der Waals surface area contributed by atoms with Gasteiger partial charge >= 0.3 is 5.69 Å². The van der Waals surface area contributed by atoms with Gasteiger partial charge in [-0.25, -0.2) is 28.5 Å². The van der Waals surface area contributed by atoms with E-state index in [1.807, 2.05) is 0 Å². The first-order chi connectivity index (χ1) is 19.9. The lowest BCUT2D eigenvalue weighted by Gasteiger charge is -2.16. The van der Waals surface area contributed by atoms with Gasteiger partial charge in [-0.3, -0.25) is 18.7 Å². The Bertz CT molecular complexity index is 1940. The quantitative estimate of drug-likeness (QED) is 0.292. The third kappa shape index (κ3) is 5.15. The molecule has 0 fully saturated rings. The van der Waals surface area contributed by atoms with E-state index in [1.165, 1.54) is 47.9 Å². The standard InChI is InChI=1S/C27H26F2N8O5/c1-14-9-17(34-42-14)12-36-25(39)21-22(35(4)26(36)40)31-13-37(21)15(2)23(38)33-20-8-6-7-19(32-20)16-10-18(27(3,28)29)24(41-5)30-11-16/h6-11,13,15H,12H2,1-5H3,(H,32,33,38)/t15-/m0/s1. The molecule has 218 valence electrons. The van der Waals surface area contributed by atoms with Crippen molar-refractivity contribution in [3.63, 3.8) is 0 Å². The van der Waals surface area contributed by atoms with Crippen LogP contribution in [0, 0.1) is 6.92 Å². The Morgan fingerprint density at radius 1 is 1.21 bits per heavy atom. The second kappa shape index (κ2) is 10.6. The van der Waals surface area contributed by atoms with Gasteiger partial charge in [0.2, 0.25) is 11.8 Å². The molecule has 0 bridgehead atoms. The fraction of sp³-hybridized carbons (Fsp3) is 0.296. The molecule has 5 aromatic rings. The van der Waals surface area contributed by atoms with Crippen LogP contribution in [-0.2, 0) is 24.3 Å². The molecule has 0 aliphatic carbocycles. The number of imidazole rings is 1. The normalized spacial score (nSPS) is 12.5. The van der Waals surface area contributed by atoms with Gasteiger partial charge in [-0.05, 0) is 32.0 Å². The van der Waals surface area contributed by atoms with Crippen LogP contribution in [0.5, 0.6) is 5.88 Å². The fourth-order valence-corrected chi connectivity index (χ4v) is 4.47. The highest BCUT2D eigenvalue weighted by Gasteiger charge is 2.30. The summed E-state index contributed by atoms with van der Waals surface area (Å²) < 4.78 is 41.9. The number of nitrogens with one attached hydrogen (secondary N) is 1. The maximum atomic E-state index is 14.1. The highest BCUT2D eigenvalue weighted by atomic mass is 19.3. The molecule has 1 atom stereocenters. The number of methoxy groups -OCH3 is 1. The maximum Gasteiger partial charge on any atom is 0.332 e. The predicted octanol–water partition coefficient (Wildman–Crippen LogP) is 3.02. The van der Waals surface area contributed by atoms with E-state index in [0.717, 1.165) is 11.5 Å². The number of pyridine rings is 2. The third-order valence-electron chi connectivity index (χ3n) is 6.66. The predicted molar refractivity (Wildman–Crippen MR) is 147 cm³/mol. The summed E-state index contributed by atoms with van der Waals surface area (Å²) in [6, 6.07) is 6.60. The summed E-state index contributed by atoms with van der Waals surface area (Å²) in [4.78, 5) is 52.2. The van der Waals surface area contributed by atoms with Crippen LogP contribution < -0.4 is 21.3 Å². The average molecular weight is 581 g/mol. The smallest absolute Gasteiger partial charge is 0.332 e. The maximum absolute atomic E-state index is 14.1. The third-order valence-corrected chi connectivity index (χ3v) is 6.66. The number of ether oxygens (including phenoxy) is 1. The molecule has 0 saturated carbocycles. The number of alkyl halides is 2. The molecule has 1 amide bonds. The van der Waals surface area contributed by atoms with Gasteiger partial charge in [-0.2, -0.15) is 0 Å². The number of carbonyl (C=O) groups excluding carboxylic acids is 1. The fourth-order valence-electron chi connectivity index (χ4n) is 4.47. The molecular formula is C27H26F2N8O5. The topological polar surface area (TPSA) is 152 Å². The van der Waals surface area contributed by atoms with Crippen LogP contribution in [-0.4, -0.2) is 46.8 Å².